The molecule has 6 nitrogen and oxygen atoms in total. The first kappa shape index (κ1) is 19.8. The maximum atomic E-state index is 12.7. The first-order valence-corrected chi connectivity index (χ1v) is 9.77. The van der Waals surface area contributed by atoms with E-state index in [9.17, 15) is 9.59 Å². The standard InChI is InChI=1S/C24H23NO5/c1-28-21-12-17-10-11-25(14-18(17)13-22(21)29-2)23(26)15-30-24(27)20-9-5-7-16-6-3-4-8-19(16)20/h3-9,12-13H,10-11,14-15H2,1-2H3. The lowest BCUT2D eigenvalue weighted by Crippen LogP contribution is -2.38. The average molecular weight is 405 g/mol. The highest BCUT2D eigenvalue weighted by atomic mass is 16.5. The van der Waals surface area contributed by atoms with Gasteiger partial charge < -0.3 is 19.1 Å². The molecule has 6 heteroatoms. The average Bonchev–Trinajstić information content (AvgIpc) is 2.80. The maximum absolute atomic E-state index is 12.7. The maximum Gasteiger partial charge on any atom is 0.339 e. The van der Waals surface area contributed by atoms with Gasteiger partial charge in [0, 0.05) is 13.1 Å². The third kappa shape index (κ3) is 3.81. The van der Waals surface area contributed by atoms with E-state index in [1.807, 2.05) is 48.5 Å². The summed E-state index contributed by atoms with van der Waals surface area (Å²) in [5.41, 5.74) is 2.60. The molecule has 0 N–H and O–H groups in total. The van der Waals surface area contributed by atoms with Crippen molar-refractivity contribution >= 4 is 22.6 Å². The summed E-state index contributed by atoms with van der Waals surface area (Å²) in [6.07, 6.45) is 0.707. The van der Waals surface area contributed by atoms with Crippen LogP contribution in [0.15, 0.2) is 54.6 Å². The van der Waals surface area contributed by atoms with E-state index < -0.39 is 5.97 Å². The third-order valence-electron chi connectivity index (χ3n) is 5.41. The van der Waals surface area contributed by atoms with Crippen LogP contribution in [0.3, 0.4) is 0 Å². The molecule has 30 heavy (non-hydrogen) atoms. The molecule has 0 radical (unpaired) electrons. The Labute approximate surface area is 175 Å². The van der Waals surface area contributed by atoms with Gasteiger partial charge in [-0.25, -0.2) is 4.79 Å². The molecule has 3 aromatic rings. The smallest absolute Gasteiger partial charge is 0.339 e. The zero-order chi connectivity index (χ0) is 21.1. The molecule has 154 valence electrons. The molecule has 1 heterocycles. The van der Waals surface area contributed by atoms with E-state index >= 15 is 0 Å². The first-order valence-electron chi connectivity index (χ1n) is 9.77. The van der Waals surface area contributed by atoms with Crippen molar-refractivity contribution in [3.63, 3.8) is 0 Å². The highest BCUT2D eigenvalue weighted by molar-refractivity contribution is 6.04. The fraction of sp³-hybridized carbons (Fsp3) is 0.250. The van der Waals surface area contributed by atoms with Gasteiger partial charge in [-0.1, -0.05) is 36.4 Å². The van der Waals surface area contributed by atoms with Crippen molar-refractivity contribution < 1.29 is 23.8 Å². The minimum Gasteiger partial charge on any atom is -0.493 e. The normalized spacial score (nSPS) is 12.9. The summed E-state index contributed by atoms with van der Waals surface area (Å²) in [4.78, 5) is 27.0. The van der Waals surface area contributed by atoms with Crippen molar-refractivity contribution in [2.45, 2.75) is 13.0 Å². The summed E-state index contributed by atoms with van der Waals surface area (Å²) in [6, 6.07) is 16.9. The van der Waals surface area contributed by atoms with Crippen molar-refractivity contribution in [1.82, 2.24) is 4.90 Å². The molecule has 4 rings (SSSR count). The monoisotopic (exact) mass is 405 g/mol. The van der Waals surface area contributed by atoms with Crippen LogP contribution in [0, 0.1) is 0 Å². The van der Waals surface area contributed by atoms with E-state index in [0.717, 1.165) is 21.9 Å². The Morgan fingerprint density at radius 1 is 0.933 bits per heavy atom. The van der Waals surface area contributed by atoms with E-state index in [4.69, 9.17) is 14.2 Å². The second-order valence-corrected chi connectivity index (χ2v) is 7.14. The fourth-order valence-electron chi connectivity index (χ4n) is 3.80. The quantitative estimate of drug-likeness (QED) is 0.607. The van der Waals surface area contributed by atoms with E-state index in [-0.39, 0.29) is 12.5 Å². The lowest BCUT2D eigenvalue weighted by Gasteiger charge is -2.29. The number of ether oxygens (including phenoxy) is 3. The van der Waals surface area contributed by atoms with Gasteiger partial charge in [-0.15, -0.1) is 0 Å². The van der Waals surface area contributed by atoms with Crippen molar-refractivity contribution in [3.8, 4) is 11.5 Å². The topological polar surface area (TPSA) is 65.1 Å². The molecule has 0 spiro atoms. The minimum absolute atomic E-state index is 0.218. The van der Waals surface area contributed by atoms with Crippen LogP contribution in [0.1, 0.15) is 21.5 Å². The molecular formula is C24H23NO5. The van der Waals surface area contributed by atoms with Gasteiger partial charge in [-0.3, -0.25) is 4.79 Å². The summed E-state index contributed by atoms with van der Waals surface area (Å²) in [5, 5.41) is 1.76. The second-order valence-electron chi connectivity index (χ2n) is 7.14. The zero-order valence-corrected chi connectivity index (χ0v) is 17.0. The Hall–Kier alpha value is -3.54. The van der Waals surface area contributed by atoms with Crippen molar-refractivity contribution in [2.24, 2.45) is 0 Å². The number of rotatable bonds is 5. The van der Waals surface area contributed by atoms with Gasteiger partial charge in [-0.05, 0) is 46.5 Å². The predicted octanol–water partition coefficient (Wildman–Crippen LogP) is 3.60. The Morgan fingerprint density at radius 3 is 2.40 bits per heavy atom. The summed E-state index contributed by atoms with van der Waals surface area (Å²) in [5.74, 6) is 0.598. The molecule has 0 atom stereocenters. The van der Waals surface area contributed by atoms with Crippen LogP contribution in [0.5, 0.6) is 11.5 Å². The molecule has 0 unspecified atom stereocenters. The minimum atomic E-state index is -0.496. The highest BCUT2D eigenvalue weighted by Crippen LogP contribution is 2.33. The highest BCUT2D eigenvalue weighted by Gasteiger charge is 2.24. The number of nitrogens with zero attached hydrogens (tertiary/aromatic N) is 1. The molecule has 0 saturated heterocycles. The number of amides is 1. The molecule has 1 amide bonds. The number of hydrogen-bond donors (Lipinski definition) is 0. The number of fused-ring (bicyclic) bond motifs is 2. The van der Waals surface area contributed by atoms with Gasteiger partial charge in [0.2, 0.25) is 0 Å². The Kier molecular flexibility index (Phi) is 5.57. The first-order chi connectivity index (χ1) is 14.6. The number of methoxy groups -OCH3 is 2. The summed E-state index contributed by atoms with van der Waals surface area (Å²) < 4.78 is 16.1. The number of esters is 1. The van der Waals surface area contributed by atoms with Crippen LogP contribution in [0.4, 0.5) is 0 Å². The van der Waals surface area contributed by atoms with Gasteiger partial charge in [0.15, 0.2) is 18.1 Å². The third-order valence-corrected chi connectivity index (χ3v) is 5.41. The number of hydrogen-bond acceptors (Lipinski definition) is 5. The SMILES string of the molecule is COc1cc2c(cc1OC)CN(C(=O)COC(=O)c1cccc3ccccc13)CC2. The van der Waals surface area contributed by atoms with Crippen LogP contribution >= 0.6 is 0 Å². The van der Waals surface area contributed by atoms with E-state index in [1.54, 1.807) is 25.2 Å². The summed E-state index contributed by atoms with van der Waals surface area (Å²) >= 11 is 0. The summed E-state index contributed by atoms with van der Waals surface area (Å²) in [6.45, 7) is 0.720. The molecule has 1 aliphatic heterocycles. The molecule has 3 aromatic carbocycles. The summed E-state index contributed by atoms with van der Waals surface area (Å²) in [7, 11) is 3.19. The van der Waals surface area contributed by atoms with Crippen LogP contribution in [-0.4, -0.2) is 44.1 Å². The van der Waals surface area contributed by atoms with Gasteiger partial charge in [0.1, 0.15) is 0 Å². The van der Waals surface area contributed by atoms with Crippen molar-refractivity contribution in [1.29, 1.82) is 0 Å². The predicted molar refractivity (Wildman–Crippen MR) is 113 cm³/mol. The van der Waals surface area contributed by atoms with E-state index in [0.29, 0.717) is 36.6 Å². The lowest BCUT2D eigenvalue weighted by atomic mass is 9.99. The van der Waals surface area contributed by atoms with Crippen LogP contribution in [-0.2, 0) is 22.5 Å². The van der Waals surface area contributed by atoms with Crippen LogP contribution < -0.4 is 9.47 Å². The van der Waals surface area contributed by atoms with Gasteiger partial charge in [-0.2, -0.15) is 0 Å². The van der Waals surface area contributed by atoms with Gasteiger partial charge >= 0.3 is 5.97 Å². The number of carbonyl (C=O) groups is 2. The number of carbonyl (C=O) groups excluding carboxylic acids is 2. The van der Waals surface area contributed by atoms with Gasteiger partial charge in [0.25, 0.3) is 5.91 Å². The molecular weight excluding hydrogens is 382 g/mol. The van der Waals surface area contributed by atoms with Crippen molar-refractivity contribution in [3.05, 3.63) is 71.3 Å². The fourth-order valence-corrected chi connectivity index (χ4v) is 3.80. The molecule has 0 aliphatic carbocycles. The van der Waals surface area contributed by atoms with Gasteiger partial charge in [0.05, 0.1) is 19.8 Å². The zero-order valence-electron chi connectivity index (χ0n) is 17.0. The molecule has 0 aromatic heterocycles. The Morgan fingerprint density at radius 2 is 1.63 bits per heavy atom. The Bertz CT molecular complexity index is 1100. The largest absolute Gasteiger partial charge is 0.493 e. The van der Waals surface area contributed by atoms with E-state index in [2.05, 4.69) is 0 Å². The molecule has 0 fully saturated rings. The van der Waals surface area contributed by atoms with Crippen LogP contribution in [0.25, 0.3) is 10.8 Å². The molecule has 0 saturated carbocycles. The van der Waals surface area contributed by atoms with Crippen LogP contribution in [0.2, 0.25) is 0 Å². The Balaban J connectivity index is 1.43. The van der Waals surface area contributed by atoms with E-state index in [1.165, 1.54) is 0 Å². The second kappa shape index (κ2) is 8.45. The number of benzene rings is 3. The molecule has 0 bridgehead atoms. The van der Waals surface area contributed by atoms with Crippen molar-refractivity contribution in [2.75, 3.05) is 27.4 Å². The molecule has 1 aliphatic rings. The lowest BCUT2D eigenvalue weighted by molar-refractivity contribution is -0.135.